The van der Waals surface area contributed by atoms with E-state index in [1.807, 2.05) is 11.9 Å². The van der Waals surface area contributed by atoms with Crippen LogP contribution in [0.2, 0.25) is 0 Å². The van der Waals surface area contributed by atoms with E-state index in [9.17, 15) is 0 Å². The van der Waals surface area contributed by atoms with E-state index < -0.39 is 0 Å². The van der Waals surface area contributed by atoms with Crippen molar-refractivity contribution in [3.63, 3.8) is 0 Å². The van der Waals surface area contributed by atoms with Crippen LogP contribution in [0.4, 0.5) is 0 Å². The molecule has 1 spiro atoms. The molecule has 2 N–H and O–H groups in total. The highest BCUT2D eigenvalue weighted by Gasteiger charge is 2.46. The van der Waals surface area contributed by atoms with Gasteiger partial charge >= 0.3 is 0 Å². The third-order valence-corrected chi connectivity index (χ3v) is 6.77. The lowest BCUT2D eigenvalue weighted by atomic mass is 9.73. The van der Waals surface area contributed by atoms with Crippen molar-refractivity contribution in [2.45, 2.75) is 50.8 Å². The van der Waals surface area contributed by atoms with Crippen LogP contribution < -0.4 is 10.0 Å². The fourth-order valence-corrected chi connectivity index (χ4v) is 5.31. The number of nitrogens with one attached hydrogen (secondary N) is 2. The Kier molecular flexibility index (Phi) is 4.89. The Hall–Kier alpha value is -1.29. The highest BCUT2D eigenvalue weighted by Crippen LogP contribution is 2.52. The molecule has 1 atom stereocenters. The summed E-state index contributed by atoms with van der Waals surface area (Å²) in [6, 6.07) is 18.3. The minimum atomic E-state index is 0.216. The van der Waals surface area contributed by atoms with E-state index in [1.165, 1.54) is 36.0 Å². The maximum atomic E-state index is 3.91. The average Bonchev–Trinajstić information content (AvgIpc) is 2.92. The van der Waals surface area contributed by atoms with Gasteiger partial charge in [0.1, 0.15) is 0 Å². The zero-order chi connectivity index (χ0) is 18.2. The van der Waals surface area contributed by atoms with Gasteiger partial charge in [0.25, 0.3) is 0 Å². The normalized spacial score (nSPS) is 21.7. The lowest BCUT2D eigenvalue weighted by molar-refractivity contribution is 0.166. The standard InChI is InChI=1S/C23H30N2S/c1-22(2,3)26-25-21-20-15-18(17-7-5-4-6-8-17)9-10-19(20)16-23(21)11-13-24-14-12-23/h4-10,15,21,24-25H,11-14,16H2,1-3H3/t21-/m1/s1. The number of benzene rings is 2. The molecule has 2 aliphatic rings. The van der Waals surface area contributed by atoms with Crippen molar-refractivity contribution in [2.24, 2.45) is 5.41 Å². The summed E-state index contributed by atoms with van der Waals surface area (Å²) < 4.78 is 4.12. The second-order valence-corrected chi connectivity index (χ2v) is 10.5. The summed E-state index contributed by atoms with van der Waals surface area (Å²) in [5, 5.41) is 3.56. The van der Waals surface area contributed by atoms with E-state index >= 15 is 0 Å². The highest BCUT2D eigenvalue weighted by atomic mass is 32.2. The molecule has 0 saturated carbocycles. The fourth-order valence-electron chi connectivity index (χ4n) is 4.46. The maximum Gasteiger partial charge on any atom is 0.0484 e. The summed E-state index contributed by atoms with van der Waals surface area (Å²) in [6.45, 7) is 9.14. The molecule has 0 amide bonds. The van der Waals surface area contributed by atoms with E-state index in [0.717, 1.165) is 13.1 Å². The molecule has 0 bridgehead atoms. The second kappa shape index (κ2) is 7.03. The number of hydrogen-bond acceptors (Lipinski definition) is 3. The van der Waals surface area contributed by atoms with Crippen LogP contribution in [0.3, 0.4) is 0 Å². The molecule has 2 aromatic rings. The van der Waals surface area contributed by atoms with Crippen molar-refractivity contribution in [1.82, 2.24) is 10.0 Å². The van der Waals surface area contributed by atoms with Gasteiger partial charge in [0, 0.05) is 10.8 Å². The molecule has 0 radical (unpaired) electrons. The van der Waals surface area contributed by atoms with Crippen molar-refractivity contribution >= 4 is 11.9 Å². The van der Waals surface area contributed by atoms with Crippen LogP contribution >= 0.6 is 11.9 Å². The highest BCUT2D eigenvalue weighted by molar-refractivity contribution is 7.98. The lowest BCUT2D eigenvalue weighted by Gasteiger charge is -2.40. The molecule has 138 valence electrons. The van der Waals surface area contributed by atoms with Gasteiger partial charge < -0.3 is 5.32 Å². The van der Waals surface area contributed by atoms with Gasteiger partial charge in [-0.1, -0.05) is 54.4 Å². The summed E-state index contributed by atoms with van der Waals surface area (Å²) in [5.41, 5.74) is 6.07. The third kappa shape index (κ3) is 3.58. The first kappa shape index (κ1) is 18.1. The van der Waals surface area contributed by atoms with E-state index in [4.69, 9.17) is 0 Å². The van der Waals surface area contributed by atoms with Crippen LogP contribution in [-0.4, -0.2) is 17.8 Å². The van der Waals surface area contributed by atoms with Crippen LogP contribution in [0, 0.1) is 5.41 Å². The number of rotatable bonds is 3. The molecule has 1 saturated heterocycles. The first-order valence-electron chi connectivity index (χ1n) is 9.79. The van der Waals surface area contributed by atoms with Gasteiger partial charge in [-0.05, 0) is 86.9 Å². The Bertz CT molecular complexity index is 758. The van der Waals surface area contributed by atoms with Gasteiger partial charge in [0.2, 0.25) is 0 Å². The minimum Gasteiger partial charge on any atom is -0.317 e. The van der Waals surface area contributed by atoms with Crippen LogP contribution in [-0.2, 0) is 6.42 Å². The van der Waals surface area contributed by atoms with Gasteiger partial charge in [-0.15, -0.1) is 0 Å². The number of hydrogen-bond donors (Lipinski definition) is 2. The van der Waals surface area contributed by atoms with Crippen LogP contribution in [0.25, 0.3) is 11.1 Å². The molecule has 2 aromatic carbocycles. The van der Waals surface area contributed by atoms with Crippen molar-refractivity contribution < 1.29 is 0 Å². The SMILES string of the molecule is CC(C)(C)SN[C@@H]1c2cc(-c3ccccc3)ccc2CC12CCNCC2. The molecule has 1 aliphatic carbocycles. The molecule has 3 heteroatoms. The summed E-state index contributed by atoms with van der Waals surface area (Å²) >= 11 is 1.89. The first-order valence-corrected chi connectivity index (χ1v) is 10.6. The van der Waals surface area contributed by atoms with Crippen molar-refractivity contribution in [3.8, 4) is 11.1 Å². The topological polar surface area (TPSA) is 24.1 Å². The quantitative estimate of drug-likeness (QED) is 0.715. The average molecular weight is 367 g/mol. The molecule has 0 aromatic heterocycles. The molecule has 1 aliphatic heterocycles. The third-order valence-electron chi connectivity index (χ3n) is 5.80. The summed E-state index contributed by atoms with van der Waals surface area (Å²) in [5.74, 6) is 0. The Morgan fingerprint density at radius 1 is 1.00 bits per heavy atom. The maximum absolute atomic E-state index is 3.91. The molecule has 1 heterocycles. The monoisotopic (exact) mass is 366 g/mol. The van der Waals surface area contributed by atoms with Crippen molar-refractivity contribution in [2.75, 3.05) is 13.1 Å². The molecular formula is C23H30N2S. The summed E-state index contributed by atoms with van der Waals surface area (Å²) in [7, 11) is 0. The molecule has 26 heavy (non-hydrogen) atoms. The molecule has 1 fully saturated rings. The Morgan fingerprint density at radius 3 is 2.42 bits per heavy atom. The molecule has 2 nitrogen and oxygen atoms in total. The van der Waals surface area contributed by atoms with Gasteiger partial charge in [-0.25, -0.2) is 0 Å². The van der Waals surface area contributed by atoms with E-state index in [-0.39, 0.29) is 4.75 Å². The van der Waals surface area contributed by atoms with Crippen LogP contribution in [0.1, 0.15) is 50.8 Å². The Balaban J connectivity index is 1.70. The Labute approximate surface area is 162 Å². The van der Waals surface area contributed by atoms with Crippen LogP contribution in [0.15, 0.2) is 48.5 Å². The van der Waals surface area contributed by atoms with Crippen LogP contribution in [0.5, 0.6) is 0 Å². The Morgan fingerprint density at radius 2 is 1.73 bits per heavy atom. The number of fused-ring (bicyclic) bond motifs is 1. The molecular weight excluding hydrogens is 336 g/mol. The van der Waals surface area contributed by atoms with Gasteiger partial charge in [-0.3, -0.25) is 4.72 Å². The summed E-state index contributed by atoms with van der Waals surface area (Å²) in [4.78, 5) is 0. The second-order valence-electron chi connectivity index (χ2n) is 8.83. The summed E-state index contributed by atoms with van der Waals surface area (Å²) in [6.07, 6.45) is 3.72. The lowest BCUT2D eigenvalue weighted by Crippen LogP contribution is -2.43. The van der Waals surface area contributed by atoms with Crippen molar-refractivity contribution in [3.05, 3.63) is 59.7 Å². The van der Waals surface area contributed by atoms with E-state index in [2.05, 4.69) is 79.3 Å². The smallest absolute Gasteiger partial charge is 0.0484 e. The minimum absolute atomic E-state index is 0.216. The zero-order valence-corrected chi connectivity index (χ0v) is 17.0. The van der Waals surface area contributed by atoms with E-state index in [1.54, 1.807) is 5.56 Å². The fraction of sp³-hybridized carbons (Fsp3) is 0.478. The van der Waals surface area contributed by atoms with Gasteiger partial charge in [0.15, 0.2) is 0 Å². The first-order chi connectivity index (χ1) is 12.5. The predicted octanol–water partition coefficient (Wildman–Crippen LogP) is 5.36. The van der Waals surface area contributed by atoms with E-state index in [0.29, 0.717) is 11.5 Å². The predicted molar refractivity (Wildman–Crippen MR) is 113 cm³/mol. The van der Waals surface area contributed by atoms with Gasteiger partial charge in [0.05, 0.1) is 0 Å². The van der Waals surface area contributed by atoms with Crippen molar-refractivity contribution in [1.29, 1.82) is 0 Å². The molecule has 4 rings (SSSR count). The zero-order valence-electron chi connectivity index (χ0n) is 16.1. The molecule has 0 unspecified atom stereocenters. The number of piperidine rings is 1. The largest absolute Gasteiger partial charge is 0.317 e. The van der Waals surface area contributed by atoms with Gasteiger partial charge in [-0.2, -0.15) is 0 Å².